The van der Waals surface area contributed by atoms with Crippen LogP contribution in [0.3, 0.4) is 0 Å². The Kier molecular flexibility index (Phi) is 9.14. The number of nitrogens with zero attached hydrogens (tertiary/aromatic N) is 1. The van der Waals surface area contributed by atoms with E-state index in [1.165, 1.54) is 12.1 Å². The van der Waals surface area contributed by atoms with Crippen molar-refractivity contribution in [3.8, 4) is 5.75 Å². The molecule has 6 heteroatoms. The number of guanidine groups is 1. The third-order valence-corrected chi connectivity index (χ3v) is 3.34. The van der Waals surface area contributed by atoms with E-state index >= 15 is 0 Å². The molecule has 2 N–H and O–H groups in total. The number of benzene rings is 2. The van der Waals surface area contributed by atoms with E-state index in [1.807, 2.05) is 31.2 Å². The lowest BCUT2D eigenvalue weighted by Crippen LogP contribution is -2.38. The molecule has 0 aliphatic carbocycles. The van der Waals surface area contributed by atoms with Gasteiger partial charge in [-0.3, -0.25) is 4.99 Å². The molecule has 0 amide bonds. The van der Waals surface area contributed by atoms with E-state index in [0.29, 0.717) is 25.7 Å². The second-order valence-corrected chi connectivity index (χ2v) is 5.09. The van der Waals surface area contributed by atoms with Crippen LogP contribution in [0.25, 0.3) is 0 Å². The lowest BCUT2D eigenvalue weighted by atomic mass is 10.2. The fraction of sp³-hybridized carbons (Fsp3) is 0.278. The van der Waals surface area contributed by atoms with Crippen molar-refractivity contribution in [2.45, 2.75) is 13.5 Å². The van der Waals surface area contributed by atoms with Gasteiger partial charge in [0, 0.05) is 13.6 Å². The summed E-state index contributed by atoms with van der Waals surface area (Å²) in [5.74, 6) is 1.34. The predicted molar refractivity (Wildman–Crippen MR) is 107 cm³/mol. The predicted octanol–water partition coefficient (Wildman–Crippen LogP) is 3.50. The number of ether oxygens (including phenoxy) is 1. The standard InChI is InChI=1S/C18H22FN3O.HI/c1-14-5-3-4-6-17(14)23-12-11-21-18(20-2)22-13-15-7-9-16(19)10-8-15;/h3-10H,11-13H2,1-2H3,(H2,20,21,22);1H. The van der Waals surface area contributed by atoms with Crippen LogP contribution < -0.4 is 15.4 Å². The van der Waals surface area contributed by atoms with Gasteiger partial charge in [0.05, 0.1) is 6.54 Å². The van der Waals surface area contributed by atoms with Gasteiger partial charge in [-0.25, -0.2) is 4.39 Å². The highest BCUT2D eigenvalue weighted by Crippen LogP contribution is 2.15. The highest BCUT2D eigenvalue weighted by Gasteiger charge is 2.00. The van der Waals surface area contributed by atoms with Gasteiger partial charge in [-0.05, 0) is 36.2 Å². The summed E-state index contributed by atoms with van der Waals surface area (Å²) in [7, 11) is 1.71. The molecule has 2 aromatic rings. The first-order valence-electron chi connectivity index (χ1n) is 7.56. The molecule has 0 saturated heterocycles. The van der Waals surface area contributed by atoms with Gasteiger partial charge >= 0.3 is 0 Å². The highest BCUT2D eigenvalue weighted by atomic mass is 127. The monoisotopic (exact) mass is 443 g/mol. The second kappa shape index (κ2) is 10.9. The number of aliphatic imine (C=N–C) groups is 1. The van der Waals surface area contributed by atoms with Gasteiger partial charge in [-0.2, -0.15) is 0 Å². The van der Waals surface area contributed by atoms with Crippen molar-refractivity contribution in [1.82, 2.24) is 10.6 Å². The van der Waals surface area contributed by atoms with Crippen molar-refractivity contribution in [1.29, 1.82) is 0 Å². The van der Waals surface area contributed by atoms with Gasteiger partial charge < -0.3 is 15.4 Å². The molecule has 0 spiro atoms. The van der Waals surface area contributed by atoms with Crippen LogP contribution >= 0.6 is 24.0 Å². The first-order chi connectivity index (χ1) is 11.2. The zero-order valence-corrected chi connectivity index (χ0v) is 16.2. The molecule has 0 aromatic heterocycles. The van der Waals surface area contributed by atoms with Crippen LogP contribution in [-0.2, 0) is 6.54 Å². The average molecular weight is 443 g/mol. The normalized spacial score (nSPS) is 10.7. The third-order valence-electron chi connectivity index (χ3n) is 3.34. The number of aryl methyl sites for hydroxylation is 1. The molecule has 0 bridgehead atoms. The van der Waals surface area contributed by atoms with Crippen molar-refractivity contribution in [3.05, 3.63) is 65.5 Å². The summed E-state index contributed by atoms with van der Waals surface area (Å²) in [6, 6.07) is 14.3. The van der Waals surface area contributed by atoms with Crippen LogP contribution in [0.15, 0.2) is 53.5 Å². The van der Waals surface area contributed by atoms with Gasteiger partial charge in [-0.1, -0.05) is 30.3 Å². The number of hydrogen-bond acceptors (Lipinski definition) is 2. The van der Waals surface area contributed by atoms with E-state index in [9.17, 15) is 4.39 Å². The summed E-state index contributed by atoms with van der Waals surface area (Å²) in [5, 5.41) is 6.36. The molecular weight excluding hydrogens is 420 g/mol. The lowest BCUT2D eigenvalue weighted by molar-refractivity contribution is 0.320. The average Bonchev–Trinajstić information content (AvgIpc) is 2.57. The highest BCUT2D eigenvalue weighted by molar-refractivity contribution is 14.0. The number of rotatable bonds is 6. The van der Waals surface area contributed by atoms with E-state index in [1.54, 1.807) is 19.2 Å². The van der Waals surface area contributed by atoms with Crippen molar-refractivity contribution in [3.63, 3.8) is 0 Å². The third kappa shape index (κ3) is 6.74. The first-order valence-corrected chi connectivity index (χ1v) is 7.56. The smallest absolute Gasteiger partial charge is 0.191 e. The molecule has 0 radical (unpaired) electrons. The summed E-state index contributed by atoms with van der Waals surface area (Å²) < 4.78 is 18.6. The number of para-hydroxylation sites is 1. The van der Waals surface area contributed by atoms with E-state index in [4.69, 9.17) is 4.74 Å². The SMILES string of the molecule is CN=C(NCCOc1ccccc1C)NCc1ccc(F)cc1.I. The molecule has 130 valence electrons. The fourth-order valence-corrected chi connectivity index (χ4v) is 2.06. The van der Waals surface area contributed by atoms with Crippen LogP contribution in [0.1, 0.15) is 11.1 Å². The molecule has 0 atom stereocenters. The zero-order chi connectivity index (χ0) is 16.5. The molecule has 0 aliphatic heterocycles. The quantitative estimate of drug-likeness (QED) is 0.311. The van der Waals surface area contributed by atoms with Crippen LogP contribution in [0.5, 0.6) is 5.75 Å². The molecule has 0 unspecified atom stereocenters. The van der Waals surface area contributed by atoms with Crippen molar-refractivity contribution in [2.75, 3.05) is 20.2 Å². The Morgan fingerprint density at radius 1 is 1.08 bits per heavy atom. The minimum Gasteiger partial charge on any atom is -0.491 e. The van der Waals surface area contributed by atoms with Gasteiger partial charge in [0.25, 0.3) is 0 Å². The summed E-state index contributed by atoms with van der Waals surface area (Å²) >= 11 is 0. The molecule has 0 heterocycles. The van der Waals surface area contributed by atoms with Crippen LogP contribution in [0.2, 0.25) is 0 Å². The minimum atomic E-state index is -0.232. The second-order valence-electron chi connectivity index (χ2n) is 5.09. The van der Waals surface area contributed by atoms with Crippen LogP contribution in [0, 0.1) is 12.7 Å². The van der Waals surface area contributed by atoms with Crippen molar-refractivity contribution < 1.29 is 9.13 Å². The molecule has 4 nitrogen and oxygen atoms in total. The minimum absolute atomic E-state index is 0. The van der Waals surface area contributed by atoms with E-state index in [-0.39, 0.29) is 29.8 Å². The number of nitrogens with one attached hydrogen (secondary N) is 2. The molecule has 0 fully saturated rings. The van der Waals surface area contributed by atoms with Gasteiger partial charge in [-0.15, -0.1) is 24.0 Å². The Labute approximate surface area is 159 Å². The van der Waals surface area contributed by atoms with Crippen LogP contribution in [0.4, 0.5) is 4.39 Å². The fourth-order valence-electron chi connectivity index (χ4n) is 2.06. The van der Waals surface area contributed by atoms with Crippen LogP contribution in [-0.4, -0.2) is 26.2 Å². The largest absolute Gasteiger partial charge is 0.491 e. The Morgan fingerprint density at radius 3 is 2.46 bits per heavy atom. The maximum atomic E-state index is 12.9. The Balaban J connectivity index is 0.00000288. The Bertz CT molecular complexity index is 647. The lowest BCUT2D eigenvalue weighted by Gasteiger charge is -2.13. The molecule has 2 aromatic carbocycles. The summed E-state index contributed by atoms with van der Waals surface area (Å²) in [6.07, 6.45) is 0. The van der Waals surface area contributed by atoms with E-state index in [2.05, 4.69) is 15.6 Å². The van der Waals surface area contributed by atoms with E-state index in [0.717, 1.165) is 16.9 Å². The number of hydrogen-bond donors (Lipinski definition) is 2. The summed E-state index contributed by atoms with van der Waals surface area (Å²) in [6.45, 7) is 3.78. The molecule has 2 rings (SSSR count). The molecular formula is C18H23FIN3O. The molecule has 0 aliphatic rings. The Morgan fingerprint density at radius 2 is 1.79 bits per heavy atom. The topological polar surface area (TPSA) is 45.7 Å². The summed E-state index contributed by atoms with van der Waals surface area (Å²) in [4.78, 5) is 4.15. The van der Waals surface area contributed by atoms with Gasteiger partial charge in [0.15, 0.2) is 5.96 Å². The van der Waals surface area contributed by atoms with Gasteiger partial charge in [0.1, 0.15) is 18.2 Å². The number of halogens is 2. The van der Waals surface area contributed by atoms with Gasteiger partial charge in [0.2, 0.25) is 0 Å². The maximum absolute atomic E-state index is 12.9. The van der Waals surface area contributed by atoms with Crippen molar-refractivity contribution >= 4 is 29.9 Å². The van der Waals surface area contributed by atoms with Crippen molar-refractivity contribution in [2.24, 2.45) is 4.99 Å². The zero-order valence-electron chi connectivity index (χ0n) is 13.9. The Hall–Kier alpha value is -1.83. The first kappa shape index (κ1) is 20.2. The molecule has 0 saturated carbocycles. The molecule has 24 heavy (non-hydrogen) atoms. The van der Waals surface area contributed by atoms with E-state index < -0.39 is 0 Å². The summed E-state index contributed by atoms with van der Waals surface area (Å²) in [5.41, 5.74) is 2.11. The maximum Gasteiger partial charge on any atom is 0.191 e.